The number of para-hydroxylation sites is 1. The lowest BCUT2D eigenvalue weighted by atomic mass is 10.0. The Kier molecular flexibility index (Phi) is 4.65. The predicted molar refractivity (Wildman–Crippen MR) is 113 cm³/mol. The fourth-order valence-electron chi connectivity index (χ4n) is 3.28. The number of hydrogen-bond donors (Lipinski definition) is 1. The standard InChI is InChI=1S/C23H18ClNO3/c1-13-6-11-19-21(27)18-5-3-4-15(23(18)28-22(19)14(13)2)12-20(26)25-17-9-7-16(24)8-10-17/h3-11H,12H2,1-2H3,(H,25,26). The van der Waals surface area contributed by atoms with Crippen LogP contribution in [0.2, 0.25) is 5.02 Å². The molecule has 0 unspecified atom stereocenters. The van der Waals surface area contributed by atoms with Crippen LogP contribution in [-0.2, 0) is 11.2 Å². The molecule has 0 fully saturated rings. The van der Waals surface area contributed by atoms with Crippen molar-refractivity contribution >= 4 is 45.1 Å². The first-order valence-electron chi connectivity index (χ1n) is 8.94. The summed E-state index contributed by atoms with van der Waals surface area (Å²) in [5.41, 5.74) is 4.25. The van der Waals surface area contributed by atoms with Gasteiger partial charge in [0.15, 0.2) is 0 Å². The number of halogens is 1. The highest BCUT2D eigenvalue weighted by atomic mass is 35.5. The molecular weight excluding hydrogens is 374 g/mol. The normalized spacial score (nSPS) is 11.1. The fourth-order valence-corrected chi connectivity index (χ4v) is 3.41. The van der Waals surface area contributed by atoms with Crippen LogP contribution in [0, 0.1) is 13.8 Å². The third kappa shape index (κ3) is 3.27. The minimum absolute atomic E-state index is 0.0840. The lowest BCUT2D eigenvalue weighted by Crippen LogP contribution is -2.15. The maximum Gasteiger partial charge on any atom is 0.228 e. The molecule has 0 aliphatic carbocycles. The van der Waals surface area contributed by atoms with E-state index in [9.17, 15) is 9.59 Å². The zero-order valence-corrected chi connectivity index (χ0v) is 16.3. The van der Waals surface area contributed by atoms with Crippen LogP contribution in [0.5, 0.6) is 0 Å². The largest absolute Gasteiger partial charge is 0.455 e. The molecule has 0 spiro atoms. The maximum absolute atomic E-state index is 12.9. The Morgan fingerprint density at radius 1 is 0.964 bits per heavy atom. The van der Waals surface area contributed by atoms with E-state index in [0.29, 0.717) is 38.2 Å². The van der Waals surface area contributed by atoms with Gasteiger partial charge < -0.3 is 9.73 Å². The molecule has 4 nitrogen and oxygen atoms in total. The smallest absolute Gasteiger partial charge is 0.228 e. The van der Waals surface area contributed by atoms with Gasteiger partial charge in [0.2, 0.25) is 11.3 Å². The number of rotatable bonds is 3. The molecule has 0 radical (unpaired) electrons. The quantitative estimate of drug-likeness (QED) is 0.476. The van der Waals surface area contributed by atoms with Crippen molar-refractivity contribution < 1.29 is 9.21 Å². The van der Waals surface area contributed by atoms with Gasteiger partial charge in [-0.15, -0.1) is 0 Å². The maximum atomic E-state index is 12.9. The number of amides is 1. The molecule has 0 aliphatic rings. The van der Waals surface area contributed by atoms with Gasteiger partial charge in [0.05, 0.1) is 17.2 Å². The average molecular weight is 392 g/mol. The van der Waals surface area contributed by atoms with Gasteiger partial charge in [-0.3, -0.25) is 9.59 Å². The summed E-state index contributed by atoms with van der Waals surface area (Å²) < 4.78 is 6.14. The van der Waals surface area contributed by atoms with Gasteiger partial charge >= 0.3 is 0 Å². The summed E-state index contributed by atoms with van der Waals surface area (Å²) in [5.74, 6) is -0.196. The van der Waals surface area contributed by atoms with Gasteiger partial charge in [0.1, 0.15) is 11.2 Å². The topological polar surface area (TPSA) is 59.3 Å². The first-order chi connectivity index (χ1) is 13.4. The Hall–Kier alpha value is -3.11. The SMILES string of the molecule is Cc1ccc2c(=O)c3cccc(CC(=O)Nc4ccc(Cl)cc4)c3oc2c1C. The highest BCUT2D eigenvalue weighted by Gasteiger charge is 2.15. The molecule has 3 aromatic carbocycles. The lowest BCUT2D eigenvalue weighted by molar-refractivity contribution is -0.115. The van der Waals surface area contributed by atoms with E-state index < -0.39 is 0 Å². The highest BCUT2D eigenvalue weighted by Crippen LogP contribution is 2.26. The van der Waals surface area contributed by atoms with Crippen LogP contribution in [0.4, 0.5) is 5.69 Å². The predicted octanol–water partition coefficient (Wildman–Crippen LogP) is 5.40. The molecule has 140 valence electrons. The van der Waals surface area contributed by atoms with E-state index in [1.54, 1.807) is 42.5 Å². The summed E-state index contributed by atoms with van der Waals surface area (Å²) in [6.07, 6.45) is 0.0965. The second-order valence-electron chi connectivity index (χ2n) is 6.84. The van der Waals surface area contributed by atoms with Crippen molar-refractivity contribution in [3.05, 3.63) is 86.5 Å². The summed E-state index contributed by atoms with van der Waals surface area (Å²) in [4.78, 5) is 25.5. The van der Waals surface area contributed by atoms with Gasteiger partial charge in [-0.05, 0) is 61.4 Å². The van der Waals surface area contributed by atoms with E-state index in [-0.39, 0.29) is 17.8 Å². The second-order valence-corrected chi connectivity index (χ2v) is 7.28. The van der Waals surface area contributed by atoms with Crippen LogP contribution < -0.4 is 10.7 Å². The number of nitrogens with one attached hydrogen (secondary N) is 1. The molecule has 0 saturated carbocycles. The number of aryl methyl sites for hydroxylation is 2. The van der Waals surface area contributed by atoms with Gasteiger partial charge in [0.25, 0.3) is 0 Å². The van der Waals surface area contributed by atoms with Crippen molar-refractivity contribution in [3.8, 4) is 0 Å². The molecule has 1 amide bonds. The van der Waals surface area contributed by atoms with Gasteiger partial charge in [-0.25, -0.2) is 0 Å². The Morgan fingerprint density at radius 3 is 2.43 bits per heavy atom. The van der Waals surface area contributed by atoms with Crippen LogP contribution in [0.25, 0.3) is 21.9 Å². The molecule has 4 rings (SSSR count). The summed E-state index contributed by atoms with van der Waals surface area (Å²) in [6, 6.07) is 15.9. The number of anilines is 1. The van der Waals surface area contributed by atoms with Crippen LogP contribution in [0.15, 0.2) is 63.8 Å². The number of benzene rings is 3. The first-order valence-corrected chi connectivity index (χ1v) is 9.32. The van der Waals surface area contributed by atoms with E-state index >= 15 is 0 Å². The van der Waals surface area contributed by atoms with Crippen molar-refractivity contribution in [1.29, 1.82) is 0 Å². The van der Waals surface area contributed by atoms with Crippen molar-refractivity contribution in [2.24, 2.45) is 0 Å². The Morgan fingerprint density at radius 2 is 1.68 bits per heavy atom. The molecule has 4 aromatic rings. The van der Waals surface area contributed by atoms with Gasteiger partial charge in [0, 0.05) is 16.3 Å². The summed E-state index contributed by atoms with van der Waals surface area (Å²) in [5, 5.41) is 4.47. The Balaban J connectivity index is 1.76. The minimum Gasteiger partial charge on any atom is -0.455 e. The molecule has 1 heterocycles. The molecule has 1 aromatic heterocycles. The van der Waals surface area contributed by atoms with Crippen LogP contribution >= 0.6 is 11.6 Å². The number of hydrogen-bond acceptors (Lipinski definition) is 3. The lowest BCUT2D eigenvalue weighted by Gasteiger charge is -2.10. The molecule has 0 bridgehead atoms. The third-order valence-electron chi connectivity index (χ3n) is 4.95. The van der Waals surface area contributed by atoms with Crippen LogP contribution in [0.3, 0.4) is 0 Å². The van der Waals surface area contributed by atoms with Crippen molar-refractivity contribution in [1.82, 2.24) is 0 Å². The summed E-state index contributed by atoms with van der Waals surface area (Å²) in [7, 11) is 0. The first kappa shape index (κ1) is 18.3. The summed E-state index contributed by atoms with van der Waals surface area (Å²) in [6.45, 7) is 3.91. The Labute approximate surface area is 166 Å². The van der Waals surface area contributed by atoms with Crippen LogP contribution in [-0.4, -0.2) is 5.91 Å². The van der Waals surface area contributed by atoms with Crippen molar-refractivity contribution in [3.63, 3.8) is 0 Å². The van der Waals surface area contributed by atoms with E-state index in [1.165, 1.54) is 0 Å². The molecule has 5 heteroatoms. The monoisotopic (exact) mass is 391 g/mol. The van der Waals surface area contributed by atoms with E-state index in [2.05, 4.69) is 5.32 Å². The number of fused-ring (bicyclic) bond motifs is 2. The molecule has 0 atom stereocenters. The number of carbonyl (C=O) groups excluding carboxylic acids is 1. The molecule has 0 saturated heterocycles. The number of carbonyl (C=O) groups is 1. The zero-order valence-electron chi connectivity index (χ0n) is 15.5. The average Bonchev–Trinajstić information content (AvgIpc) is 2.68. The van der Waals surface area contributed by atoms with Crippen molar-refractivity contribution in [2.45, 2.75) is 20.3 Å². The van der Waals surface area contributed by atoms with E-state index in [1.807, 2.05) is 26.0 Å². The third-order valence-corrected chi connectivity index (χ3v) is 5.20. The van der Waals surface area contributed by atoms with Gasteiger partial charge in [-0.2, -0.15) is 0 Å². The Bertz CT molecular complexity index is 1270. The van der Waals surface area contributed by atoms with Gasteiger partial charge in [-0.1, -0.05) is 29.8 Å². The molecule has 28 heavy (non-hydrogen) atoms. The molecule has 0 aliphatic heterocycles. The fraction of sp³-hybridized carbons (Fsp3) is 0.130. The highest BCUT2D eigenvalue weighted by molar-refractivity contribution is 6.30. The summed E-state index contributed by atoms with van der Waals surface area (Å²) >= 11 is 5.87. The molecular formula is C23H18ClNO3. The van der Waals surface area contributed by atoms with E-state index in [0.717, 1.165) is 11.1 Å². The van der Waals surface area contributed by atoms with Crippen LogP contribution in [0.1, 0.15) is 16.7 Å². The van der Waals surface area contributed by atoms with E-state index in [4.69, 9.17) is 16.0 Å². The van der Waals surface area contributed by atoms with Crippen molar-refractivity contribution in [2.75, 3.05) is 5.32 Å². The molecule has 1 N–H and O–H groups in total. The second kappa shape index (κ2) is 7.13. The minimum atomic E-state index is -0.196. The zero-order chi connectivity index (χ0) is 19.8.